The molecule has 1 aliphatic heterocycles. The van der Waals surface area contributed by atoms with Crippen molar-refractivity contribution in [3.8, 4) is 0 Å². The maximum absolute atomic E-state index is 12.8. The van der Waals surface area contributed by atoms with Crippen LogP contribution in [0.5, 0.6) is 0 Å². The number of hydrogen-bond acceptors (Lipinski definition) is 4. The number of hydrogen-bond donors (Lipinski definition) is 2. The topological polar surface area (TPSA) is 91.7 Å². The van der Waals surface area contributed by atoms with Crippen molar-refractivity contribution in [3.63, 3.8) is 0 Å². The molecule has 1 atom stereocenters. The highest BCUT2D eigenvalue weighted by atomic mass is 16.3. The molecular formula is C20H23N3O4. The molecule has 0 radical (unpaired) electrons. The number of benzene rings is 1. The van der Waals surface area contributed by atoms with Crippen LogP contribution in [0.1, 0.15) is 35.5 Å². The quantitative estimate of drug-likeness (QED) is 0.835. The van der Waals surface area contributed by atoms with Crippen molar-refractivity contribution < 1.29 is 18.8 Å². The molecule has 3 amide bonds. The van der Waals surface area contributed by atoms with Gasteiger partial charge in [-0.2, -0.15) is 0 Å². The molecule has 142 valence electrons. The fourth-order valence-corrected chi connectivity index (χ4v) is 3.17. The van der Waals surface area contributed by atoms with Gasteiger partial charge < -0.3 is 20.0 Å². The number of carbonyl (C=O) groups is 3. The highest BCUT2D eigenvalue weighted by Crippen LogP contribution is 2.25. The van der Waals surface area contributed by atoms with E-state index in [1.165, 1.54) is 11.2 Å². The Hall–Kier alpha value is -3.09. The van der Waals surface area contributed by atoms with E-state index in [1.807, 2.05) is 38.1 Å². The molecule has 2 aromatic rings. The molecule has 0 bridgehead atoms. The average Bonchev–Trinajstić information content (AvgIpc) is 3.18. The largest absolute Gasteiger partial charge is 0.459 e. The Morgan fingerprint density at radius 1 is 1.15 bits per heavy atom. The summed E-state index contributed by atoms with van der Waals surface area (Å²) in [6.45, 7) is 3.88. The standard InChI is InChI=1S/C20H23N3O4/c1-13(2)22-18(24)11-21-19(25)16-10-14-6-3-4-7-15(14)12-23(16)20(26)17-8-5-9-27-17/h3-9,13,16H,10-12H2,1-2H3,(H,21,25)(H,22,24)/t16-/m1/s1. The van der Waals surface area contributed by atoms with E-state index in [2.05, 4.69) is 10.6 Å². The third-order valence-electron chi connectivity index (χ3n) is 4.42. The zero-order valence-corrected chi connectivity index (χ0v) is 15.4. The highest BCUT2D eigenvalue weighted by Gasteiger charge is 2.36. The minimum Gasteiger partial charge on any atom is -0.459 e. The molecule has 7 nitrogen and oxygen atoms in total. The van der Waals surface area contributed by atoms with Crippen molar-refractivity contribution in [3.05, 3.63) is 59.5 Å². The van der Waals surface area contributed by atoms with Crippen molar-refractivity contribution >= 4 is 17.7 Å². The molecule has 27 heavy (non-hydrogen) atoms. The van der Waals surface area contributed by atoms with Crippen LogP contribution in [0.3, 0.4) is 0 Å². The summed E-state index contributed by atoms with van der Waals surface area (Å²) >= 11 is 0. The van der Waals surface area contributed by atoms with Gasteiger partial charge in [-0.15, -0.1) is 0 Å². The number of carbonyl (C=O) groups excluding carboxylic acids is 3. The van der Waals surface area contributed by atoms with E-state index in [0.29, 0.717) is 13.0 Å². The van der Waals surface area contributed by atoms with Crippen LogP contribution in [0.25, 0.3) is 0 Å². The summed E-state index contributed by atoms with van der Waals surface area (Å²) in [5.41, 5.74) is 2.02. The normalized spacial score (nSPS) is 16.0. The molecule has 0 aliphatic carbocycles. The Labute approximate surface area is 157 Å². The second-order valence-electron chi connectivity index (χ2n) is 6.84. The molecule has 1 aromatic carbocycles. The predicted octanol–water partition coefficient (Wildman–Crippen LogP) is 1.49. The van der Waals surface area contributed by atoms with Crippen molar-refractivity contribution in [2.45, 2.75) is 38.9 Å². The first-order valence-corrected chi connectivity index (χ1v) is 8.94. The molecule has 0 fully saturated rings. The lowest BCUT2D eigenvalue weighted by Gasteiger charge is -2.35. The second kappa shape index (κ2) is 8.07. The van der Waals surface area contributed by atoms with Gasteiger partial charge >= 0.3 is 0 Å². The number of rotatable bonds is 5. The van der Waals surface area contributed by atoms with Crippen molar-refractivity contribution in [2.75, 3.05) is 6.54 Å². The summed E-state index contributed by atoms with van der Waals surface area (Å²) in [4.78, 5) is 38.9. The Bertz CT molecular complexity index is 830. The van der Waals surface area contributed by atoms with Crippen LogP contribution in [-0.2, 0) is 22.6 Å². The van der Waals surface area contributed by atoms with E-state index < -0.39 is 6.04 Å². The monoisotopic (exact) mass is 369 g/mol. The maximum atomic E-state index is 12.8. The predicted molar refractivity (Wildman–Crippen MR) is 98.8 cm³/mol. The molecule has 0 unspecified atom stereocenters. The Morgan fingerprint density at radius 3 is 2.56 bits per heavy atom. The highest BCUT2D eigenvalue weighted by molar-refractivity contribution is 5.96. The molecule has 0 saturated carbocycles. The van der Waals surface area contributed by atoms with Gasteiger partial charge in [0.1, 0.15) is 6.04 Å². The van der Waals surface area contributed by atoms with Gasteiger partial charge in [-0.1, -0.05) is 24.3 Å². The van der Waals surface area contributed by atoms with Gasteiger partial charge in [-0.3, -0.25) is 14.4 Å². The molecule has 3 rings (SSSR count). The lowest BCUT2D eigenvalue weighted by atomic mass is 9.93. The average molecular weight is 369 g/mol. The fourth-order valence-electron chi connectivity index (χ4n) is 3.17. The van der Waals surface area contributed by atoms with Crippen LogP contribution < -0.4 is 10.6 Å². The Balaban J connectivity index is 1.78. The van der Waals surface area contributed by atoms with Gasteiger partial charge in [0, 0.05) is 19.0 Å². The molecule has 1 aromatic heterocycles. The minimum absolute atomic E-state index is 0.00649. The summed E-state index contributed by atoms with van der Waals surface area (Å²) in [6.07, 6.45) is 1.82. The fraction of sp³-hybridized carbons (Fsp3) is 0.350. The van der Waals surface area contributed by atoms with Crippen LogP contribution in [0, 0.1) is 0 Å². The summed E-state index contributed by atoms with van der Waals surface area (Å²) in [5, 5.41) is 5.37. The summed E-state index contributed by atoms with van der Waals surface area (Å²) in [7, 11) is 0. The molecule has 2 N–H and O–H groups in total. The van der Waals surface area contributed by atoms with E-state index in [-0.39, 0.29) is 36.1 Å². The molecule has 1 aliphatic rings. The molecule has 2 heterocycles. The molecule has 0 saturated heterocycles. The Morgan fingerprint density at radius 2 is 1.89 bits per heavy atom. The van der Waals surface area contributed by atoms with Gasteiger partial charge in [0.2, 0.25) is 11.8 Å². The third kappa shape index (κ3) is 4.36. The number of amides is 3. The van der Waals surface area contributed by atoms with Crippen molar-refractivity contribution in [2.24, 2.45) is 0 Å². The molecule has 0 spiro atoms. The third-order valence-corrected chi connectivity index (χ3v) is 4.42. The van der Waals surface area contributed by atoms with E-state index >= 15 is 0 Å². The first-order chi connectivity index (χ1) is 13.0. The van der Waals surface area contributed by atoms with Crippen molar-refractivity contribution in [1.29, 1.82) is 0 Å². The number of fused-ring (bicyclic) bond motifs is 1. The van der Waals surface area contributed by atoms with Gasteiger partial charge in [-0.25, -0.2) is 0 Å². The van der Waals surface area contributed by atoms with Crippen LogP contribution >= 0.6 is 0 Å². The van der Waals surface area contributed by atoms with Gasteiger partial charge in [0.05, 0.1) is 12.8 Å². The summed E-state index contributed by atoms with van der Waals surface area (Å²) < 4.78 is 5.22. The summed E-state index contributed by atoms with van der Waals surface area (Å²) in [5.74, 6) is -0.784. The van der Waals surface area contributed by atoms with Crippen LogP contribution in [0.4, 0.5) is 0 Å². The second-order valence-corrected chi connectivity index (χ2v) is 6.84. The number of furan rings is 1. The van der Waals surface area contributed by atoms with Crippen LogP contribution in [-0.4, -0.2) is 41.2 Å². The van der Waals surface area contributed by atoms with E-state index in [4.69, 9.17) is 4.42 Å². The number of nitrogens with zero attached hydrogens (tertiary/aromatic N) is 1. The van der Waals surface area contributed by atoms with E-state index in [9.17, 15) is 14.4 Å². The smallest absolute Gasteiger partial charge is 0.290 e. The van der Waals surface area contributed by atoms with Crippen molar-refractivity contribution in [1.82, 2.24) is 15.5 Å². The number of nitrogens with one attached hydrogen (secondary N) is 2. The lowest BCUT2D eigenvalue weighted by molar-refractivity contribution is -0.129. The van der Waals surface area contributed by atoms with Gasteiger partial charge in [-0.05, 0) is 37.1 Å². The minimum atomic E-state index is -0.704. The van der Waals surface area contributed by atoms with Crippen LogP contribution in [0.15, 0.2) is 47.1 Å². The SMILES string of the molecule is CC(C)NC(=O)CNC(=O)[C@H]1Cc2ccccc2CN1C(=O)c1ccco1. The maximum Gasteiger partial charge on any atom is 0.290 e. The zero-order valence-electron chi connectivity index (χ0n) is 15.4. The first-order valence-electron chi connectivity index (χ1n) is 8.94. The van der Waals surface area contributed by atoms with Gasteiger partial charge in [0.15, 0.2) is 5.76 Å². The molecular weight excluding hydrogens is 346 g/mol. The van der Waals surface area contributed by atoms with E-state index in [0.717, 1.165) is 11.1 Å². The first kappa shape index (κ1) is 18.7. The van der Waals surface area contributed by atoms with E-state index in [1.54, 1.807) is 12.1 Å². The zero-order chi connectivity index (χ0) is 19.4. The van der Waals surface area contributed by atoms with Gasteiger partial charge in [0.25, 0.3) is 5.91 Å². The van der Waals surface area contributed by atoms with Crippen LogP contribution in [0.2, 0.25) is 0 Å². The Kier molecular flexibility index (Phi) is 5.59. The summed E-state index contributed by atoms with van der Waals surface area (Å²) in [6, 6.07) is 10.2. The molecule has 7 heteroatoms. The lowest BCUT2D eigenvalue weighted by Crippen LogP contribution is -2.54.